The molecule has 0 saturated heterocycles. The van der Waals surface area contributed by atoms with Crippen molar-refractivity contribution in [3.63, 3.8) is 0 Å². The van der Waals surface area contributed by atoms with Crippen LogP contribution in [0.3, 0.4) is 0 Å². The molecular formula is C13H15N3. The van der Waals surface area contributed by atoms with E-state index >= 15 is 0 Å². The molecule has 16 heavy (non-hydrogen) atoms. The fourth-order valence-corrected chi connectivity index (χ4v) is 2.44. The minimum Gasteiger partial charge on any atom is -0.324 e. The average Bonchev–Trinajstić information content (AvgIpc) is 2.75. The van der Waals surface area contributed by atoms with E-state index in [1.807, 2.05) is 24.4 Å². The maximum absolute atomic E-state index is 6.10. The van der Waals surface area contributed by atoms with Crippen LogP contribution in [0.5, 0.6) is 0 Å². The lowest BCUT2D eigenvalue weighted by Gasteiger charge is -2.20. The van der Waals surface area contributed by atoms with Gasteiger partial charge < -0.3 is 10.3 Å². The summed E-state index contributed by atoms with van der Waals surface area (Å²) in [4.78, 5) is 4.38. The van der Waals surface area contributed by atoms with Gasteiger partial charge in [-0.1, -0.05) is 6.07 Å². The summed E-state index contributed by atoms with van der Waals surface area (Å²) in [6, 6.07) is 8.31. The van der Waals surface area contributed by atoms with Gasteiger partial charge in [0.05, 0.1) is 0 Å². The highest BCUT2D eigenvalue weighted by atomic mass is 15.1. The maximum Gasteiger partial charge on any atom is 0.136 e. The first kappa shape index (κ1) is 9.60. The third kappa shape index (κ3) is 1.44. The van der Waals surface area contributed by atoms with Gasteiger partial charge in [-0.3, -0.25) is 0 Å². The number of pyridine rings is 1. The molecule has 0 saturated carbocycles. The zero-order chi connectivity index (χ0) is 11.0. The van der Waals surface area contributed by atoms with Crippen LogP contribution in [0.1, 0.15) is 30.1 Å². The van der Waals surface area contributed by atoms with Gasteiger partial charge in [0.1, 0.15) is 5.82 Å². The van der Waals surface area contributed by atoms with Gasteiger partial charge in [-0.25, -0.2) is 4.98 Å². The van der Waals surface area contributed by atoms with Crippen molar-refractivity contribution in [2.45, 2.75) is 25.3 Å². The van der Waals surface area contributed by atoms with Gasteiger partial charge in [0.15, 0.2) is 0 Å². The second-order valence-corrected chi connectivity index (χ2v) is 4.27. The van der Waals surface area contributed by atoms with Crippen LogP contribution in [0.25, 0.3) is 5.82 Å². The summed E-state index contributed by atoms with van der Waals surface area (Å²) < 4.78 is 2.16. The molecule has 0 radical (unpaired) electrons. The predicted octanol–water partition coefficient (Wildman–Crippen LogP) is 2.21. The Morgan fingerprint density at radius 3 is 3.06 bits per heavy atom. The summed E-state index contributed by atoms with van der Waals surface area (Å²) in [5.41, 5.74) is 8.72. The van der Waals surface area contributed by atoms with Crippen molar-refractivity contribution in [2.75, 3.05) is 0 Å². The van der Waals surface area contributed by atoms with Crippen LogP contribution in [0.15, 0.2) is 36.7 Å². The zero-order valence-corrected chi connectivity index (χ0v) is 9.13. The molecule has 2 heterocycles. The monoisotopic (exact) mass is 213 g/mol. The summed E-state index contributed by atoms with van der Waals surface area (Å²) in [6.45, 7) is 0. The first-order valence-corrected chi connectivity index (χ1v) is 5.73. The van der Waals surface area contributed by atoms with E-state index in [4.69, 9.17) is 5.73 Å². The molecule has 0 fully saturated rings. The molecule has 1 unspecified atom stereocenters. The van der Waals surface area contributed by atoms with Crippen molar-refractivity contribution in [1.82, 2.24) is 9.55 Å². The topological polar surface area (TPSA) is 43.8 Å². The van der Waals surface area contributed by atoms with E-state index in [0.29, 0.717) is 0 Å². The van der Waals surface area contributed by atoms with Gasteiger partial charge in [0.2, 0.25) is 0 Å². The van der Waals surface area contributed by atoms with Crippen LogP contribution in [0, 0.1) is 0 Å². The van der Waals surface area contributed by atoms with E-state index in [2.05, 4.69) is 21.8 Å². The lowest BCUT2D eigenvalue weighted by atomic mass is 9.94. The zero-order valence-electron chi connectivity index (χ0n) is 9.13. The van der Waals surface area contributed by atoms with E-state index in [0.717, 1.165) is 18.7 Å². The molecule has 3 heteroatoms. The van der Waals surface area contributed by atoms with Gasteiger partial charge in [-0.05, 0) is 43.0 Å². The van der Waals surface area contributed by atoms with Crippen molar-refractivity contribution >= 4 is 0 Å². The first-order chi connectivity index (χ1) is 7.86. The van der Waals surface area contributed by atoms with Crippen molar-refractivity contribution in [3.05, 3.63) is 47.9 Å². The molecule has 0 bridgehead atoms. The molecule has 82 valence electrons. The van der Waals surface area contributed by atoms with E-state index in [1.54, 1.807) is 0 Å². The Labute approximate surface area is 94.9 Å². The fourth-order valence-electron chi connectivity index (χ4n) is 2.44. The normalized spacial score (nSPS) is 19.4. The summed E-state index contributed by atoms with van der Waals surface area (Å²) in [6.07, 6.45) is 7.28. The summed E-state index contributed by atoms with van der Waals surface area (Å²) in [5.74, 6) is 0.984. The maximum atomic E-state index is 6.10. The quantitative estimate of drug-likeness (QED) is 0.789. The number of aromatic nitrogens is 2. The fraction of sp³-hybridized carbons (Fsp3) is 0.308. The summed E-state index contributed by atoms with van der Waals surface area (Å²) >= 11 is 0. The second kappa shape index (κ2) is 3.76. The Hall–Kier alpha value is -1.61. The number of nitrogens with zero attached hydrogens (tertiary/aromatic N) is 2. The van der Waals surface area contributed by atoms with Gasteiger partial charge in [0.25, 0.3) is 0 Å². The van der Waals surface area contributed by atoms with Crippen molar-refractivity contribution in [1.29, 1.82) is 0 Å². The third-order valence-electron chi connectivity index (χ3n) is 3.25. The highest BCUT2D eigenvalue weighted by molar-refractivity contribution is 5.36. The third-order valence-corrected chi connectivity index (χ3v) is 3.25. The molecule has 3 nitrogen and oxygen atoms in total. The van der Waals surface area contributed by atoms with Gasteiger partial charge >= 0.3 is 0 Å². The average molecular weight is 213 g/mol. The van der Waals surface area contributed by atoms with E-state index in [1.165, 1.54) is 17.7 Å². The molecule has 3 rings (SSSR count). The number of hydrogen-bond donors (Lipinski definition) is 1. The lowest BCUT2D eigenvalue weighted by molar-refractivity contribution is 0.559. The van der Waals surface area contributed by atoms with E-state index in [-0.39, 0.29) is 6.04 Å². The van der Waals surface area contributed by atoms with Crippen LogP contribution in [-0.4, -0.2) is 9.55 Å². The van der Waals surface area contributed by atoms with Crippen molar-refractivity contribution < 1.29 is 0 Å². The molecule has 0 amide bonds. The minimum absolute atomic E-state index is 0.203. The number of fused-ring (bicyclic) bond motifs is 1. The molecular weight excluding hydrogens is 198 g/mol. The summed E-state index contributed by atoms with van der Waals surface area (Å²) in [5, 5.41) is 0. The van der Waals surface area contributed by atoms with E-state index < -0.39 is 0 Å². The standard InChI is InChI=1S/C13H15N3/c14-11-4-3-5-12-10(11)7-9-16(12)13-6-1-2-8-15-13/h1-2,6-9,11H,3-5,14H2. The molecule has 0 aliphatic heterocycles. The molecule has 1 atom stereocenters. The number of rotatable bonds is 1. The Bertz CT molecular complexity index is 487. The smallest absolute Gasteiger partial charge is 0.136 e. The Kier molecular flexibility index (Phi) is 2.26. The lowest BCUT2D eigenvalue weighted by Crippen LogP contribution is -2.18. The molecule has 2 aromatic heterocycles. The minimum atomic E-state index is 0.203. The highest BCUT2D eigenvalue weighted by Crippen LogP contribution is 2.29. The predicted molar refractivity (Wildman–Crippen MR) is 63.4 cm³/mol. The molecule has 1 aliphatic rings. The van der Waals surface area contributed by atoms with Crippen molar-refractivity contribution in [2.24, 2.45) is 5.73 Å². The van der Waals surface area contributed by atoms with Crippen LogP contribution in [0.2, 0.25) is 0 Å². The Balaban J connectivity index is 2.10. The highest BCUT2D eigenvalue weighted by Gasteiger charge is 2.20. The van der Waals surface area contributed by atoms with Crippen LogP contribution in [0.4, 0.5) is 0 Å². The Morgan fingerprint density at radius 2 is 2.25 bits per heavy atom. The first-order valence-electron chi connectivity index (χ1n) is 5.73. The second-order valence-electron chi connectivity index (χ2n) is 4.27. The molecule has 1 aliphatic carbocycles. The SMILES string of the molecule is NC1CCCc2c1ccn2-c1ccccn1. The number of nitrogens with two attached hydrogens (primary N) is 1. The molecule has 2 N–H and O–H groups in total. The van der Waals surface area contributed by atoms with Gasteiger partial charge in [-0.2, -0.15) is 0 Å². The Morgan fingerprint density at radius 1 is 1.31 bits per heavy atom. The van der Waals surface area contributed by atoms with Gasteiger partial charge in [-0.15, -0.1) is 0 Å². The van der Waals surface area contributed by atoms with Crippen LogP contribution >= 0.6 is 0 Å². The van der Waals surface area contributed by atoms with E-state index in [9.17, 15) is 0 Å². The molecule has 0 spiro atoms. The molecule has 2 aromatic rings. The largest absolute Gasteiger partial charge is 0.324 e. The van der Waals surface area contributed by atoms with Gasteiger partial charge in [0, 0.05) is 24.1 Å². The van der Waals surface area contributed by atoms with Crippen LogP contribution in [-0.2, 0) is 6.42 Å². The molecule has 0 aromatic carbocycles. The van der Waals surface area contributed by atoms with Crippen LogP contribution < -0.4 is 5.73 Å². The number of hydrogen-bond acceptors (Lipinski definition) is 2. The van der Waals surface area contributed by atoms with Crippen molar-refractivity contribution in [3.8, 4) is 5.82 Å². The summed E-state index contributed by atoms with van der Waals surface area (Å²) in [7, 11) is 0.